The molecule has 0 N–H and O–H groups in total. The molecule has 1 saturated heterocycles. The number of rotatable bonds is 4. The van der Waals surface area contributed by atoms with Crippen LogP contribution in [-0.4, -0.2) is 29.9 Å². The summed E-state index contributed by atoms with van der Waals surface area (Å²) < 4.78 is 5.37. The van der Waals surface area contributed by atoms with Crippen molar-refractivity contribution in [3.63, 3.8) is 0 Å². The third-order valence-corrected chi connectivity index (χ3v) is 5.02. The second-order valence-corrected chi connectivity index (χ2v) is 7.02. The first-order valence-electron chi connectivity index (χ1n) is 9.47. The third-order valence-electron chi connectivity index (χ3n) is 5.02. The molecule has 1 aliphatic carbocycles. The van der Waals surface area contributed by atoms with Gasteiger partial charge in [0.25, 0.3) is 5.91 Å². The molecule has 4 nitrogen and oxygen atoms in total. The maximum atomic E-state index is 12.6. The number of hydrogen-bond donors (Lipinski definition) is 0. The number of esters is 1. The number of likely N-dealkylation sites (tertiary alicyclic amines) is 1. The molecule has 0 radical (unpaired) electrons. The summed E-state index contributed by atoms with van der Waals surface area (Å²) in [5.74, 6) is -0.193. The minimum absolute atomic E-state index is 0.0807. The molecule has 0 bridgehead atoms. The zero-order valence-corrected chi connectivity index (χ0v) is 14.8. The summed E-state index contributed by atoms with van der Waals surface area (Å²) in [6.07, 6.45) is 10.6. The molecular weight excluding hydrogens is 314 g/mol. The van der Waals surface area contributed by atoms with Crippen molar-refractivity contribution in [3.8, 4) is 0 Å². The largest absolute Gasteiger partial charge is 0.458 e. The second kappa shape index (κ2) is 8.84. The van der Waals surface area contributed by atoms with Gasteiger partial charge in [0.2, 0.25) is 0 Å². The molecule has 3 rings (SSSR count). The lowest BCUT2D eigenvalue weighted by atomic mass is 9.95. The molecule has 1 saturated carbocycles. The van der Waals surface area contributed by atoms with E-state index >= 15 is 0 Å². The molecule has 0 aromatic heterocycles. The Balaban J connectivity index is 1.56. The molecule has 0 spiro atoms. The first-order chi connectivity index (χ1) is 12.2. The van der Waals surface area contributed by atoms with Crippen molar-refractivity contribution in [3.05, 3.63) is 47.0 Å². The minimum atomic E-state index is -0.273. The number of carbonyl (C=O) groups excluding carboxylic acids is 2. The molecule has 0 atom stereocenters. The topological polar surface area (TPSA) is 46.6 Å². The average molecular weight is 341 g/mol. The van der Waals surface area contributed by atoms with Crippen LogP contribution < -0.4 is 0 Å². The summed E-state index contributed by atoms with van der Waals surface area (Å²) in [4.78, 5) is 26.5. The summed E-state index contributed by atoms with van der Waals surface area (Å²) in [7, 11) is 0. The molecule has 25 heavy (non-hydrogen) atoms. The number of carbonyl (C=O) groups is 2. The molecule has 134 valence electrons. The van der Waals surface area contributed by atoms with Gasteiger partial charge in [-0.1, -0.05) is 24.1 Å². The van der Waals surface area contributed by atoms with E-state index in [1.165, 1.54) is 31.3 Å². The lowest BCUT2D eigenvalue weighted by molar-refractivity contribution is -0.139. The van der Waals surface area contributed by atoms with Crippen molar-refractivity contribution in [2.24, 2.45) is 0 Å². The highest BCUT2D eigenvalue weighted by Gasteiger charge is 2.18. The van der Waals surface area contributed by atoms with Crippen LogP contribution in [-0.2, 0) is 16.1 Å². The Morgan fingerprint density at radius 2 is 1.72 bits per heavy atom. The van der Waals surface area contributed by atoms with E-state index in [2.05, 4.69) is 0 Å². The van der Waals surface area contributed by atoms with Crippen LogP contribution in [0.2, 0.25) is 0 Å². The first-order valence-corrected chi connectivity index (χ1v) is 9.47. The molecule has 2 fully saturated rings. The fraction of sp³-hybridized carbons (Fsp3) is 0.524. The van der Waals surface area contributed by atoms with Crippen molar-refractivity contribution in [2.75, 3.05) is 13.1 Å². The van der Waals surface area contributed by atoms with Gasteiger partial charge in [-0.3, -0.25) is 4.79 Å². The monoisotopic (exact) mass is 341 g/mol. The van der Waals surface area contributed by atoms with Crippen molar-refractivity contribution < 1.29 is 14.3 Å². The molecule has 1 aromatic rings. The average Bonchev–Trinajstić information content (AvgIpc) is 2.67. The number of benzene rings is 1. The molecule has 0 unspecified atom stereocenters. The fourth-order valence-electron chi connectivity index (χ4n) is 3.59. The number of allylic oxidation sites excluding steroid dienone is 1. The highest BCUT2D eigenvalue weighted by Crippen LogP contribution is 2.22. The molecule has 1 amide bonds. The molecule has 1 heterocycles. The van der Waals surface area contributed by atoms with Gasteiger partial charge < -0.3 is 9.64 Å². The van der Waals surface area contributed by atoms with Crippen molar-refractivity contribution in [1.29, 1.82) is 0 Å². The Bertz CT molecular complexity index is 636. The molecule has 4 heteroatoms. The van der Waals surface area contributed by atoms with Crippen LogP contribution in [0.15, 0.2) is 35.9 Å². The van der Waals surface area contributed by atoms with Crippen LogP contribution in [0.3, 0.4) is 0 Å². The van der Waals surface area contributed by atoms with Crippen LogP contribution in [0.1, 0.15) is 67.3 Å². The van der Waals surface area contributed by atoms with E-state index in [1.54, 1.807) is 6.08 Å². The van der Waals surface area contributed by atoms with Crippen LogP contribution in [0.5, 0.6) is 0 Å². The van der Waals surface area contributed by atoms with Gasteiger partial charge in [-0.25, -0.2) is 4.79 Å². The van der Waals surface area contributed by atoms with E-state index in [0.29, 0.717) is 5.56 Å². The van der Waals surface area contributed by atoms with E-state index in [-0.39, 0.29) is 18.5 Å². The van der Waals surface area contributed by atoms with Crippen molar-refractivity contribution in [2.45, 2.75) is 58.0 Å². The lowest BCUT2D eigenvalue weighted by Gasteiger charge is -2.26. The minimum Gasteiger partial charge on any atom is -0.458 e. The number of nitrogens with zero attached hydrogens (tertiary/aromatic N) is 1. The van der Waals surface area contributed by atoms with Gasteiger partial charge in [-0.15, -0.1) is 0 Å². The second-order valence-electron chi connectivity index (χ2n) is 7.02. The maximum Gasteiger partial charge on any atom is 0.331 e. The Morgan fingerprint density at radius 1 is 1.00 bits per heavy atom. The maximum absolute atomic E-state index is 12.6. The number of hydrogen-bond acceptors (Lipinski definition) is 3. The summed E-state index contributed by atoms with van der Waals surface area (Å²) in [6, 6.07) is 7.44. The Hall–Kier alpha value is -2.10. The fourth-order valence-corrected chi connectivity index (χ4v) is 3.59. The molecule has 2 aliphatic rings. The Kier molecular flexibility index (Phi) is 6.26. The van der Waals surface area contributed by atoms with Gasteiger partial charge in [-0.05, 0) is 62.6 Å². The zero-order valence-electron chi connectivity index (χ0n) is 14.8. The standard InChI is InChI=1S/C21H27NO3/c23-20(15-17-8-3-1-4-9-17)25-16-18-10-7-11-19(14-18)21(24)22-12-5-2-6-13-22/h7,10-11,14-15H,1-6,8-9,12-13,16H2. The molecule has 1 aromatic carbocycles. The number of piperidine rings is 1. The zero-order chi connectivity index (χ0) is 17.5. The van der Waals surface area contributed by atoms with E-state index in [4.69, 9.17) is 4.74 Å². The van der Waals surface area contributed by atoms with Gasteiger partial charge >= 0.3 is 5.97 Å². The smallest absolute Gasteiger partial charge is 0.331 e. The normalized spacial score (nSPS) is 17.9. The SMILES string of the molecule is O=C(C=C1CCCCC1)OCc1cccc(C(=O)N2CCCCC2)c1. The van der Waals surface area contributed by atoms with Crippen LogP contribution in [0, 0.1) is 0 Å². The third kappa shape index (κ3) is 5.18. The highest BCUT2D eigenvalue weighted by molar-refractivity contribution is 5.94. The van der Waals surface area contributed by atoms with Crippen LogP contribution >= 0.6 is 0 Å². The molecular formula is C21H27NO3. The Labute approximate surface area is 149 Å². The quantitative estimate of drug-likeness (QED) is 0.608. The van der Waals surface area contributed by atoms with E-state index in [9.17, 15) is 9.59 Å². The molecule has 1 aliphatic heterocycles. The van der Waals surface area contributed by atoms with Gasteiger partial charge in [0.05, 0.1) is 0 Å². The number of ether oxygens (including phenoxy) is 1. The number of amides is 1. The van der Waals surface area contributed by atoms with E-state index < -0.39 is 0 Å². The van der Waals surface area contributed by atoms with Crippen molar-refractivity contribution >= 4 is 11.9 Å². The Morgan fingerprint density at radius 3 is 2.48 bits per heavy atom. The predicted molar refractivity (Wildman–Crippen MR) is 97.2 cm³/mol. The predicted octanol–water partition coefficient (Wildman–Crippen LogP) is 4.25. The summed E-state index contributed by atoms with van der Waals surface area (Å²) >= 11 is 0. The van der Waals surface area contributed by atoms with E-state index in [0.717, 1.165) is 44.3 Å². The lowest BCUT2D eigenvalue weighted by Crippen LogP contribution is -2.35. The summed E-state index contributed by atoms with van der Waals surface area (Å²) in [5.41, 5.74) is 2.74. The highest BCUT2D eigenvalue weighted by atomic mass is 16.5. The first kappa shape index (κ1) is 17.7. The summed E-state index contributed by atoms with van der Waals surface area (Å²) in [6.45, 7) is 1.89. The van der Waals surface area contributed by atoms with Gasteiger partial charge in [0, 0.05) is 24.7 Å². The van der Waals surface area contributed by atoms with Crippen molar-refractivity contribution in [1.82, 2.24) is 4.90 Å². The summed E-state index contributed by atoms with van der Waals surface area (Å²) in [5, 5.41) is 0. The van der Waals surface area contributed by atoms with Crippen LogP contribution in [0.4, 0.5) is 0 Å². The van der Waals surface area contributed by atoms with Crippen LogP contribution in [0.25, 0.3) is 0 Å². The van der Waals surface area contributed by atoms with Gasteiger partial charge in [0.15, 0.2) is 0 Å². The van der Waals surface area contributed by atoms with E-state index in [1.807, 2.05) is 29.2 Å². The van der Waals surface area contributed by atoms with Gasteiger partial charge in [0.1, 0.15) is 6.61 Å². The van der Waals surface area contributed by atoms with Gasteiger partial charge in [-0.2, -0.15) is 0 Å².